The highest BCUT2D eigenvalue weighted by Gasteiger charge is 2.34. The van der Waals surface area contributed by atoms with E-state index in [1.165, 1.54) is 5.56 Å². The first-order valence-corrected chi connectivity index (χ1v) is 9.50. The van der Waals surface area contributed by atoms with E-state index in [4.69, 9.17) is 9.73 Å². The van der Waals surface area contributed by atoms with Crippen molar-refractivity contribution >= 4 is 5.96 Å². The molecule has 0 aromatic heterocycles. The molecule has 1 aromatic carbocycles. The zero-order chi connectivity index (χ0) is 18.1. The highest BCUT2D eigenvalue weighted by atomic mass is 16.5. The molecule has 0 saturated carbocycles. The third kappa shape index (κ3) is 6.33. The molecule has 0 aliphatic carbocycles. The van der Waals surface area contributed by atoms with Crippen molar-refractivity contribution in [1.29, 1.82) is 0 Å². The van der Waals surface area contributed by atoms with E-state index in [0.29, 0.717) is 6.04 Å². The summed E-state index contributed by atoms with van der Waals surface area (Å²) < 4.78 is 5.61. The van der Waals surface area contributed by atoms with Crippen LogP contribution in [0.2, 0.25) is 0 Å². The van der Waals surface area contributed by atoms with E-state index in [-0.39, 0.29) is 11.6 Å². The van der Waals surface area contributed by atoms with Crippen LogP contribution in [-0.4, -0.2) is 43.8 Å². The first kappa shape index (κ1) is 19.7. The van der Waals surface area contributed by atoms with Crippen molar-refractivity contribution in [3.05, 3.63) is 35.9 Å². The molecule has 0 radical (unpaired) electrons. The molecule has 1 aliphatic heterocycles. The van der Waals surface area contributed by atoms with Crippen molar-refractivity contribution < 1.29 is 4.74 Å². The van der Waals surface area contributed by atoms with Gasteiger partial charge in [-0.1, -0.05) is 30.3 Å². The normalized spacial score (nSPS) is 18.8. The largest absolute Gasteiger partial charge is 0.381 e. The lowest BCUT2D eigenvalue weighted by Gasteiger charge is -2.39. The highest BCUT2D eigenvalue weighted by Crippen LogP contribution is 2.26. The Hall–Kier alpha value is -1.59. The third-order valence-corrected chi connectivity index (χ3v) is 4.58. The minimum atomic E-state index is -0.0210. The van der Waals surface area contributed by atoms with E-state index in [9.17, 15) is 0 Å². The predicted octanol–water partition coefficient (Wildman–Crippen LogP) is 2.85. The Morgan fingerprint density at radius 2 is 1.84 bits per heavy atom. The van der Waals surface area contributed by atoms with Gasteiger partial charge in [-0.3, -0.25) is 4.99 Å². The minimum Gasteiger partial charge on any atom is -0.381 e. The molecule has 140 valence electrons. The zero-order valence-electron chi connectivity index (χ0n) is 16.1. The monoisotopic (exact) mass is 346 g/mol. The minimum absolute atomic E-state index is 0.0210. The molecule has 1 fully saturated rings. The van der Waals surface area contributed by atoms with Gasteiger partial charge in [-0.05, 0) is 46.1 Å². The SMILES string of the molecule is CCNC(=NCC1(NC(C)c2ccccc2)CCOCC1)NC(C)C. The molecule has 1 atom stereocenters. The fourth-order valence-corrected chi connectivity index (χ4v) is 3.22. The average Bonchev–Trinajstić information content (AvgIpc) is 2.61. The smallest absolute Gasteiger partial charge is 0.191 e. The summed E-state index contributed by atoms with van der Waals surface area (Å²) in [6.45, 7) is 11.8. The van der Waals surface area contributed by atoms with Crippen LogP contribution in [0.15, 0.2) is 35.3 Å². The standard InChI is InChI=1S/C20H34N4O/c1-5-21-19(23-16(2)3)22-15-20(11-13-25-14-12-20)24-17(4)18-9-7-6-8-10-18/h6-10,16-17,24H,5,11-15H2,1-4H3,(H2,21,22,23). The number of nitrogens with zero attached hydrogens (tertiary/aromatic N) is 1. The second-order valence-corrected chi connectivity index (χ2v) is 7.16. The Kier molecular flexibility index (Phi) is 7.72. The highest BCUT2D eigenvalue weighted by molar-refractivity contribution is 5.80. The molecule has 25 heavy (non-hydrogen) atoms. The van der Waals surface area contributed by atoms with E-state index < -0.39 is 0 Å². The molecular formula is C20H34N4O. The van der Waals surface area contributed by atoms with Gasteiger partial charge in [-0.15, -0.1) is 0 Å². The van der Waals surface area contributed by atoms with Gasteiger partial charge in [0.25, 0.3) is 0 Å². The van der Waals surface area contributed by atoms with Crippen LogP contribution in [0.1, 0.15) is 52.1 Å². The van der Waals surface area contributed by atoms with Gasteiger partial charge in [0.2, 0.25) is 0 Å². The second-order valence-electron chi connectivity index (χ2n) is 7.16. The maximum atomic E-state index is 5.61. The van der Waals surface area contributed by atoms with Gasteiger partial charge in [0.1, 0.15) is 0 Å². The van der Waals surface area contributed by atoms with Gasteiger partial charge in [-0.2, -0.15) is 0 Å². The summed E-state index contributed by atoms with van der Waals surface area (Å²) in [7, 11) is 0. The number of aliphatic imine (C=N–C) groups is 1. The van der Waals surface area contributed by atoms with Gasteiger partial charge in [-0.25, -0.2) is 0 Å². The van der Waals surface area contributed by atoms with Gasteiger partial charge < -0.3 is 20.7 Å². The number of guanidine groups is 1. The predicted molar refractivity (Wildman–Crippen MR) is 105 cm³/mol. The quantitative estimate of drug-likeness (QED) is 0.525. The fraction of sp³-hybridized carbons (Fsp3) is 0.650. The Labute approximate surface area is 152 Å². The average molecular weight is 347 g/mol. The third-order valence-electron chi connectivity index (χ3n) is 4.58. The number of nitrogens with one attached hydrogen (secondary N) is 3. The van der Waals surface area contributed by atoms with Gasteiger partial charge in [0, 0.05) is 37.4 Å². The van der Waals surface area contributed by atoms with Crippen molar-refractivity contribution in [2.24, 2.45) is 4.99 Å². The maximum Gasteiger partial charge on any atom is 0.191 e. The van der Waals surface area contributed by atoms with Crippen molar-refractivity contribution in [2.45, 2.75) is 58.2 Å². The molecule has 5 nitrogen and oxygen atoms in total. The fourth-order valence-electron chi connectivity index (χ4n) is 3.22. The molecule has 0 spiro atoms. The lowest BCUT2D eigenvalue weighted by Crippen LogP contribution is -2.53. The van der Waals surface area contributed by atoms with Crippen LogP contribution >= 0.6 is 0 Å². The van der Waals surface area contributed by atoms with Crippen molar-refractivity contribution in [1.82, 2.24) is 16.0 Å². The van der Waals surface area contributed by atoms with E-state index in [1.54, 1.807) is 0 Å². The van der Waals surface area contributed by atoms with E-state index in [1.807, 2.05) is 0 Å². The van der Waals surface area contributed by atoms with Crippen molar-refractivity contribution in [3.63, 3.8) is 0 Å². The van der Waals surface area contributed by atoms with E-state index >= 15 is 0 Å². The molecule has 0 amide bonds. The molecular weight excluding hydrogens is 312 g/mol. The van der Waals surface area contributed by atoms with Crippen LogP contribution in [0, 0.1) is 0 Å². The van der Waals surface area contributed by atoms with Crippen molar-refractivity contribution in [2.75, 3.05) is 26.3 Å². The topological polar surface area (TPSA) is 57.7 Å². The van der Waals surface area contributed by atoms with Crippen LogP contribution < -0.4 is 16.0 Å². The summed E-state index contributed by atoms with van der Waals surface area (Å²) in [5, 5.41) is 10.6. The van der Waals surface area contributed by atoms with Crippen LogP contribution in [0.5, 0.6) is 0 Å². The molecule has 1 saturated heterocycles. The van der Waals surface area contributed by atoms with Crippen LogP contribution in [-0.2, 0) is 4.74 Å². The molecule has 0 bridgehead atoms. The molecule has 2 rings (SSSR count). The zero-order valence-corrected chi connectivity index (χ0v) is 16.1. The molecule has 3 N–H and O–H groups in total. The number of hydrogen-bond donors (Lipinski definition) is 3. The lowest BCUT2D eigenvalue weighted by molar-refractivity contribution is 0.0374. The summed E-state index contributed by atoms with van der Waals surface area (Å²) in [6, 6.07) is 11.3. The Morgan fingerprint density at radius 3 is 2.44 bits per heavy atom. The maximum absolute atomic E-state index is 5.61. The Balaban J connectivity index is 2.10. The Morgan fingerprint density at radius 1 is 1.16 bits per heavy atom. The van der Waals surface area contributed by atoms with Gasteiger partial charge in [0.05, 0.1) is 6.54 Å². The van der Waals surface area contributed by atoms with Crippen LogP contribution in [0.4, 0.5) is 0 Å². The van der Waals surface area contributed by atoms with E-state index in [0.717, 1.165) is 45.1 Å². The Bertz CT molecular complexity index is 524. The summed E-state index contributed by atoms with van der Waals surface area (Å²) in [5.41, 5.74) is 1.29. The van der Waals surface area contributed by atoms with E-state index in [2.05, 4.69) is 74.0 Å². The van der Waals surface area contributed by atoms with Crippen LogP contribution in [0.25, 0.3) is 0 Å². The molecule has 1 heterocycles. The molecule has 1 aromatic rings. The number of rotatable bonds is 7. The summed E-state index contributed by atoms with van der Waals surface area (Å²) >= 11 is 0. The first-order chi connectivity index (χ1) is 12.0. The molecule has 5 heteroatoms. The molecule has 1 aliphatic rings. The van der Waals surface area contributed by atoms with Crippen LogP contribution in [0.3, 0.4) is 0 Å². The van der Waals surface area contributed by atoms with Gasteiger partial charge in [0.15, 0.2) is 5.96 Å². The molecule has 1 unspecified atom stereocenters. The number of hydrogen-bond acceptors (Lipinski definition) is 3. The van der Waals surface area contributed by atoms with Crippen molar-refractivity contribution in [3.8, 4) is 0 Å². The number of ether oxygens (including phenoxy) is 1. The number of benzene rings is 1. The summed E-state index contributed by atoms with van der Waals surface area (Å²) in [4.78, 5) is 4.87. The second kappa shape index (κ2) is 9.78. The van der Waals surface area contributed by atoms with Gasteiger partial charge >= 0.3 is 0 Å². The first-order valence-electron chi connectivity index (χ1n) is 9.50. The summed E-state index contributed by atoms with van der Waals surface area (Å²) in [5.74, 6) is 0.887. The lowest BCUT2D eigenvalue weighted by atomic mass is 9.88. The summed E-state index contributed by atoms with van der Waals surface area (Å²) in [6.07, 6.45) is 1.96.